The van der Waals surface area contributed by atoms with Gasteiger partial charge in [-0.1, -0.05) is 30.3 Å². The molecular weight excluding hydrogens is 505 g/mol. The van der Waals surface area contributed by atoms with Crippen LogP contribution in [0.25, 0.3) is 0 Å². The number of amides is 1. The van der Waals surface area contributed by atoms with Crippen LogP contribution in [0.1, 0.15) is 48.0 Å². The Morgan fingerprint density at radius 3 is 2.53 bits per heavy atom. The van der Waals surface area contributed by atoms with Crippen LogP contribution >= 0.6 is 0 Å². The molecule has 10 nitrogen and oxygen atoms in total. The molecule has 1 aromatic carbocycles. The maximum Gasteiger partial charge on any atom is 0.419 e. The molecule has 1 aliphatic rings. The SMILES string of the molecule is COC(=O)CC(Cc1ccccc1)c1nc(Nc2cnn(C3CCN(C(=O)O)CC3)c2)ncc1C(F)(F)F. The summed E-state index contributed by atoms with van der Waals surface area (Å²) in [5.41, 5.74) is -0.117. The van der Waals surface area contributed by atoms with Crippen LogP contribution in [0.2, 0.25) is 0 Å². The molecule has 4 rings (SSSR count). The van der Waals surface area contributed by atoms with Gasteiger partial charge in [0.2, 0.25) is 5.95 Å². The van der Waals surface area contributed by atoms with Crippen molar-refractivity contribution in [1.29, 1.82) is 0 Å². The van der Waals surface area contributed by atoms with E-state index in [1.54, 1.807) is 41.2 Å². The minimum Gasteiger partial charge on any atom is -0.469 e. The number of carboxylic acid groups (broad SMARTS) is 1. The molecule has 0 radical (unpaired) electrons. The van der Waals surface area contributed by atoms with Crippen LogP contribution in [0.5, 0.6) is 0 Å². The van der Waals surface area contributed by atoms with E-state index in [0.717, 1.165) is 5.56 Å². The molecule has 0 bridgehead atoms. The highest BCUT2D eigenvalue weighted by atomic mass is 19.4. The summed E-state index contributed by atoms with van der Waals surface area (Å²) >= 11 is 0. The first-order valence-electron chi connectivity index (χ1n) is 12.0. The van der Waals surface area contributed by atoms with Gasteiger partial charge in [-0.25, -0.2) is 14.8 Å². The lowest BCUT2D eigenvalue weighted by Crippen LogP contribution is -2.38. The Labute approximate surface area is 216 Å². The van der Waals surface area contributed by atoms with Gasteiger partial charge in [-0.15, -0.1) is 0 Å². The molecule has 1 amide bonds. The lowest BCUT2D eigenvalue weighted by Gasteiger charge is -2.29. The van der Waals surface area contributed by atoms with Crippen molar-refractivity contribution in [2.24, 2.45) is 0 Å². The quantitative estimate of drug-likeness (QED) is 0.403. The molecule has 3 heterocycles. The predicted octanol–water partition coefficient (Wildman–Crippen LogP) is 4.64. The topological polar surface area (TPSA) is 122 Å². The molecule has 1 saturated heterocycles. The number of methoxy groups -OCH3 is 1. The molecule has 38 heavy (non-hydrogen) atoms. The molecule has 202 valence electrons. The van der Waals surface area contributed by atoms with Crippen LogP contribution in [0.3, 0.4) is 0 Å². The van der Waals surface area contributed by atoms with Gasteiger partial charge in [-0.05, 0) is 24.8 Å². The lowest BCUT2D eigenvalue weighted by atomic mass is 9.90. The highest BCUT2D eigenvalue weighted by Gasteiger charge is 2.38. The molecule has 1 unspecified atom stereocenters. The molecule has 0 saturated carbocycles. The van der Waals surface area contributed by atoms with E-state index in [-0.39, 0.29) is 30.5 Å². The molecular formula is C25H27F3N6O4. The van der Waals surface area contributed by atoms with E-state index in [4.69, 9.17) is 9.84 Å². The Kier molecular flexibility index (Phi) is 8.13. The van der Waals surface area contributed by atoms with E-state index in [1.165, 1.54) is 18.2 Å². The Balaban J connectivity index is 1.59. The van der Waals surface area contributed by atoms with Gasteiger partial charge in [-0.2, -0.15) is 18.3 Å². The summed E-state index contributed by atoms with van der Waals surface area (Å²) in [6.07, 6.45) is -0.774. The van der Waals surface area contributed by atoms with Crippen LogP contribution in [0.15, 0.2) is 48.9 Å². The summed E-state index contributed by atoms with van der Waals surface area (Å²) in [4.78, 5) is 32.7. The van der Waals surface area contributed by atoms with Crippen molar-refractivity contribution in [3.63, 3.8) is 0 Å². The zero-order chi connectivity index (χ0) is 27.3. The average molecular weight is 533 g/mol. The molecule has 1 aliphatic heterocycles. The number of nitrogens with one attached hydrogen (secondary N) is 1. The number of nitrogens with zero attached hydrogens (tertiary/aromatic N) is 5. The van der Waals surface area contributed by atoms with E-state index in [9.17, 15) is 22.8 Å². The zero-order valence-corrected chi connectivity index (χ0v) is 20.6. The van der Waals surface area contributed by atoms with Gasteiger partial charge in [0, 0.05) is 31.4 Å². The third kappa shape index (κ3) is 6.58. The number of anilines is 2. The Bertz CT molecular complexity index is 1260. The summed E-state index contributed by atoms with van der Waals surface area (Å²) < 4.78 is 48.3. The van der Waals surface area contributed by atoms with Crippen molar-refractivity contribution in [2.45, 2.75) is 43.8 Å². The molecule has 0 spiro atoms. The highest BCUT2D eigenvalue weighted by Crippen LogP contribution is 2.37. The van der Waals surface area contributed by atoms with Gasteiger partial charge < -0.3 is 20.1 Å². The number of aromatic nitrogens is 4. The second-order valence-corrected chi connectivity index (χ2v) is 8.99. The molecule has 1 atom stereocenters. The maximum atomic E-state index is 13.9. The second kappa shape index (κ2) is 11.5. The number of carbonyl (C=O) groups excluding carboxylic acids is 1. The molecule has 0 aliphatic carbocycles. The number of ether oxygens (including phenoxy) is 1. The third-order valence-corrected chi connectivity index (χ3v) is 6.44. The number of alkyl halides is 3. The lowest BCUT2D eigenvalue weighted by molar-refractivity contribution is -0.143. The summed E-state index contributed by atoms with van der Waals surface area (Å²) in [5, 5.41) is 16.3. The largest absolute Gasteiger partial charge is 0.469 e. The smallest absolute Gasteiger partial charge is 0.419 e. The molecule has 2 aromatic heterocycles. The summed E-state index contributed by atoms with van der Waals surface area (Å²) in [6, 6.07) is 8.86. The average Bonchev–Trinajstić information content (AvgIpc) is 3.36. The van der Waals surface area contributed by atoms with Crippen molar-refractivity contribution in [2.75, 3.05) is 25.5 Å². The van der Waals surface area contributed by atoms with Crippen LogP contribution < -0.4 is 5.32 Å². The van der Waals surface area contributed by atoms with E-state index < -0.39 is 29.7 Å². The van der Waals surface area contributed by atoms with Crippen molar-refractivity contribution in [3.8, 4) is 0 Å². The number of benzene rings is 1. The van der Waals surface area contributed by atoms with E-state index in [1.807, 2.05) is 0 Å². The van der Waals surface area contributed by atoms with Crippen LogP contribution in [0.4, 0.5) is 29.6 Å². The monoisotopic (exact) mass is 532 g/mol. The normalized spacial score (nSPS) is 15.2. The standard InChI is InChI=1S/C25H27F3N6O4/c1-38-21(35)12-17(11-16-5-3-2-4-6-16)22-20(25(26,27)28)14-29-23(32-22)31-18-13-30-34(15-18)19-7-9-33(10-8-19)24(36)37/h2-6,13-15,17,19H,7-12H2,1H3,(H,36,37)(H,29,31,32). The zero-order valence-electron chi connectivity index (χ0n) is 20.6. The Morgan fingerprint density at radius 2 is 1.89 bits per heavy atom. The molecule has 13 heteroatoms. The van der Waals surface area contributed by atoms with Crippen molar-refractivity contribution < 1.29 is 32.6 Å². The summed E-state index contributed by atoms with van der Waals surface area (Å²) in [6.45, 7) is 0.772. The van der Waals surface area contributed by atoms with Crippen molar-refractivity contribution in [1.82, 2.24) is 24.6 Å². The third-order valence-electron chi connectivity index (χ3n) is 6.44. The van der Waals surface area contributed by atoms with Gasteiger partial charge in [-0.3, -0.25) is 9.48 Å². The first kappa shape index (κ1) is 26.9. The molecule has 3 aromatic rings. The number of hydrogen-bond donors (Lipinski definition) is 2. The predicted molar refractivity (Wildman–Crippen MR) is 130 cm³/mol. The highest BCUT2D eigenvalue weighted by molar-refractivity contribution is 5.70. The van der Waals surface area contributed by atoms with E-state index >= 15 is 0 Å². The van der Waals surface area contributed by atoms with Gasteiger partial charge >= 0.3 is 18.2 Å². The maximum absolute atomic E-state index is 13.9. The van der Waals surface area contributed by atoms with Gasteiger partial charge in [0.15, 0.2) is 0 Å². The number of piperidine rings is 1. The fourth-order valence-electron chi connectivity index (χ4n) is 4.49. The van der Waals surface area contributed by atoms with Gasteiger partial charge in [0.1, 0.15) is 0 Å². The van der Waals surface area contributed by atoms with Gasteiger partial charge in [0.25, 0.3) is 0 Å². The Hall–Kier alpha value is -4.16. The van der Waals surface area contributed by atoms with Crippen LogP contribution in [0, 0.1) is 0 Å². The fourth-order valence-corrected chi connectivity index (χ4v) is 4.49. The minimum atomic E-state index is -4.73. The Morgan fingerprint density at radius 1 is 1.18 bits per heavy atom. The van der Waals surface area contributed by atoms with Gasteiger partial charge in [0.05, 0.1) is 42.7 Å². The minimum absolute atomic E-state index is 0.0134. The second-order valence-electron chi connectivity index (χ2n) is 8.99. The number of hydrogen-bond acceptors (Lipinski definition) is 7. The fraction of sp³-hybridized carbons (Fsp3) is 0.400. The first-order chi connectivity index (χ1) is 18.1. The number of rotatable bonds is 8. The molecule has 2 N–H and O–H groups in total. The summed E-state index contributed by atoms with van der Waals surface area (Å²) in [5.74, 6) is -1.63. The first-order valence-corrected chi connectivity index (χ1v) is 12.0. The van der Waals surface area contributed by atoms with E-state index in [0.29, 0.717) is 37.8 Å². The number of halogens is 3. The van der Waals surface area contributed by atoms with E-state index in [2.05, 4.69) is 20.4 Å². The summed E-state index contributed by atoms with van der Waals surface area (Å²) in [7, 11) is 1.18. The van der Waals surface area contributed by atoms with Crippen molar-refractivity contribution >= 4 is 23.7 Å². The van der Waals surface area contributed by atoms with Crippen LogP contribution in [-0.2, 0) is 22.1 Å². The number of esters is 1. The number of likely N-dealkylation sites (tertiary alicyclic amines) is 1. The van der Waals surface area contributed by atoms with Crippen LogP contribution in [-0.4, -0.2) is 62.0 Å². The number of carbonyl (C=O) groups is 2. The van der Waals surface area contributed by atoms with Crippen molar-refractivity contribution in [3.05, 3.63) is 65.7 Å². The molecule has 1 fully saturated rings.